The largest absolute Gasteiger partial charge is 0.481 e. The molecule has 2 aromatic heterocycles. The van der Waals surface area contributed by atoms with Crippen molar-refractivity contribution in [2.24, 2.45) is 5.92 Å². The third-order valence-corrected chi connectivity index (χ3v) is 7.80. The number of benzene rings is 1. The van der Waals surface area contributed by atoms with Gasteiger partial charge in [-0.15, -0.1) is 11.3 Å². The van der Waals surface area contributed by atoms with Crippen LogP contribution in [0.2, 0.25) is 5.02 Å². The van der Waals surface area contributed by atoms with Crippen LogP contribution in [0.3, 0.4) is 0 Å². The third kappa shape index (κ3) is 4.53. The maximum absolute atomic E-state index is 13.0. The lowest BCUT2D eigenvalue weighted by Gasteiger charge is -2.21. The highest BCUT2D eigenvalue weighted by Gasteiger charge is 2.40. The number of aromatic amines is 1. The van der Waals surface area contributed by atoms with Gasteiger partial charge in [-0.1, -0.05) is 11.6 Å². The Hall–Kier alpha value is -2.95. The van der Waals surface area contributed by atoms with Crippen LogP contribution in [0.5, 0.6) is 0 Å². The van der Waals surface area contributed by atoms with Gasteiger partial charge in [0.15, 0.2) is 5.01 Å². The number of H-pyrrole nitrogens is 1. The Labute approximate surface area is 204 Å². The predicted octanol–water partition coefficient (Wildman–Crippen LogP) is 2.66. The van der Waals surface area contributed by atoms with Crippen molar-refractivity contribution in [2.45, 2.75) is 37.9 Å². The number of carboxylic acids is 1. The molecule has 3 heterocycles. The minimum Gasteiger partial charge on any atom is -0.481 e. The fraction of sp³-hybridized carbons (Fsp3) is 0.391. The first-order valence-electron chi connectivity index (χ1n) is 11.1. The maximum Gasteiger partial charge on any atom is 0.306 e. The van der Waals surface area contributed by atoms with Gasteiger partial charge in [0.05, 0.1) is 23.7 Å². The lowest BCUT2D eigenvalue weighted by atomic mass is 10.1. The molecule has 178 valence electrons. The van der Waals surface area contributed by atoms with Crippen LogP contribution < -0.4 is 10.6 Å². The molecule has 3 unspecified atom stereocenters. The van der Waals surface area contributed by atoms with Crippen LogP contribution in [0.4, 0.5) is 0 Å². The van der Waals surface area contributed by atoms with Gasteiger partial charge >= 0.3 is 5.97 Å². The summed E-state index contributed by atoms with van der Waals surface area (Å²) in [5, 5.41) is 17.1. The van der Waals surface area contributed by atoms with Gasteiger partial charge in [-0.25, -0.2) is 4.98 Å². The number of carbonyl (C=O) groups excluding carboxylic acids is 2. The van der Waals surface area contributed by atoms with Crippen LogP contribution in [-0.4, -0.2) is 63.4 Å². The number of carboxylic acid groups (broad SMARTS) is 1. The Morgan fingerprint density at radius 3 is 2.65 bits per heavy atom. The van der Waals surface area contributed by atoms with Crippen LogP contribution in [-0.2, 0) is 17.8 Å². The minimum atomic E-state index is -0.941. The summed E-state index contributed by atoms with van der Waals surface area (Å²) in [6, 6.07) is 5.95. The molecule has 2 amide bonds. The zero-order valence-corrected chi connectivity index (χ0v) is 20.0. The van der Waals surface area contributed by atoms with Gasteiger partial charge in [-0.2, -0.15) is 0 Å². The molecule has 11 heteroatoms. The number of nitrogens with zero attached hydrogens (tertiary/aromatic N) is 2. The van der Waals surface area contributed by atoms with E-state index >= 15 is 0 Å². The number of aromatic nitrogens is 2. The van der Waals surface area contributed by atoms with Crippen LogP contribution in [0.25, 0.3) is 10.9 Å². The zero-order valence-electron chi connectivity index (χ0n) is 18.4. The van der Waals surface area contributed by atoms with E-state index in [1.165, 1.54) is 11.3 Å². The lowest BCUT2D eigenvalue weighted by Crippen LogP contribution is -2.48. The Morgan fingerprint density at radius 1 is 1.18 bits per heavy atom. The quantitative estimate of drug-likeness (QED) is 0.425. The Kier molecular flexibility index (Phi) is 6.05. The van der Waals surface area contributed by atoms with Gasteiger partial charge in [0.2, 0.25) is 0 Å². The van der Waals surface area contributed by atoms with Crippen LogP contribution in [0.15, 0.2) is 24.3 Å². The van der Waals surface area contributed by atoms with Gasteiger partial charge in [0.1, 0.15) is 5.69 Å². The second kappa shape index (κ2) is 9.01. The molecule has 5 rings (SSSR count). The number of nitrogens with one attached hydrogen (secondary N) is 3. The van der Waals surface area contributed by atoms with Gasteiger partial charge < -0.3 is 25.6 Å². The molecule has 0 radical (unpaired) electrons. The zero-order chi connectivity index (χ0) is 24.0. The van der Waals surface area contributed by atoms with Crippen molar-refractivity contribution in [3.8, 4) is 0 Å². The van der Waals surface area contributed by atoms with E-state index < -0.39 is 24.0 Å². The van der Waals surface area contributed by atoms with Gasteiger partial charge in [0, 0.05) is 40.3 Å². The van der Waals surface area contributed by atoms with Gasteiger partial charge in [0.25, 0.3) is 11.8 Å². The molecule has 3 aromatic rings. The number of amides is 2. The Bertz CT molecular complexity index is 1290. The summed E-state index contributed by atoms with van der Waals surface area (Å²) < 4.78 is 0. The Balaban J connectivity index is 1.31. The number of hydrogen-bond donors (Lipinski definition) is 4. The third-order valence-electron chi connectivity index (χ3n) is 6.49. The van der Waals surface area contributed by atoms with E-state index in [4.69, 9.17) is 11.6 Å². The molecule has 1 aliphatic heterocycles. The highest BCUT2D eigenvalue weighted by molar-refractivity contribution is 7.13. The van der Waals surface area contributed by atoms with E-state index in [2.05, 4.69) is 25.5 Å². The average Bonchev–Trinajstić information content (AvgIpc) is 3.50. The molecular weight excluding hydrogens is 478 g/mol. The summed E-state index contributed by atoms with van der Waals surface area (Å²) in [5.41, 5.74) is 2.07. The highest BCUT2D eigenvalue weighted by atomic mass is 35.5. The monoisotopic (exact) mass is 501 g/mol. The fourth-order valence-corrected chi connectivity index (χ4v) is 5.95. The molecule has 9 nitrogen and oxygen atoms in total. The summed E-state index contributed by atoms with van der Waals surface area (Å²) in [7, 11) is 2.03. The molecule has 1 aromatic carbocycles. The normalized spacial score (nSPS) is 22.5. The SMILES string of the molecule is CN1CCc2nc(C(=O)NC3CC(C(=O)O)CC3NC(=O)c3cc4cc(Cl)ccc4[nH]3)sc2C1. The first-order valence-corrected chi connectivity index (χ1v) is 12.3. The van der Waals surface area contributed by atoms with Crippen molar-refractivity contribution in [3.05, 3.63) is 50.6 Å². The second-order valence-electron chi connectivity index (χ2n) is 8.96. The topological polar surface area (TPSA) is 127 Å². The number of thiazole rings is 1. The summed E-state index contributed by atoms with van der Waals surface area (Å²) in [6.45, 7) is 1.66. The molecule has 1 fully saturated rings. The van der Waals surface area contributed by atoms with Crippen molar-refractivity contribution in [1.82, 2.24) is 25.5 Å². The molecule has 1 aliphatic carbocycles. The number of rotatable bonds is 5. The molecule has 0 spiro atoms. The molecule has 34 heavy (non-hydrogen) atoms. The molecule has 3 atom stereocenters. The number of halogens is 1. The van der Waals surface area contributed by atoms with Crippen molar-refractivity contribution < 1.29 is 19.5 Å². The first-order chi connectivity index (χ1) is 16.3. The van der Waals surface area contributed by atoms with E-state index in [-0.39, 0.29) is 24.7 Å². The summed E-state index contributed by atoms with van der Waals surface area (Å²) in [6.07, 6.45) is 1.27. The number of carbonyl (C=O) groups is 3. The van der Waals surface area contributed by atoms with E-state index in [0.29, 0.717) is 15.7 Å². The maximum atomic E-state index is 13.0. The van der Waals surface area contributed by atoms with Crippen LogP contribution in [0, 0.1) is 5.92 Å². The minimum absolute atomic E-state index is 0.233. The van der Waals surface area contributed by atoms with Gasteiger partial charge in [-0.3, -0.25) is 14.4 Å². The number of likely N-dealkylation sites (N-methyl/N-ethyl adjacent to an activating group) is 1. The van der Waals surface area contributed by atoms with E-state index in [0.717, 1.165) is 41.0 Å². The summed E-state index contributed by atoms with van der Waals surface area (Å²) >= 11 is 7.40. The smallest absolute Gasteiger partial charge is 0.306 e. The number of fused-ring (bicyclic) bond motifs is 2. The molecule has 0 saturated heterocycles. The van der Waals surface area contributed by atoms with E-state index in [1.54, 1.807) is 24.3 Å². The first kappa shape index (κ1) is 22.8. The second-order valence-corrected chi connectivity index (χ2v) is 10.5. The van der Waals surface area contributed by atoms with Crippen molar-refractivity contribution >= 4 is 51.6 Å². The number of hydrogen-bond acceptors (Lipinski definition) is 6. The molecule has 0 bridgehead atoms. The number of aliphatic carboxylic acids is 1. The van der Waals surface area contributed by atoms with E-state index in [1.807, 2.05) is 7.05 Å². The molecular formula is C23H24ClN5O4S. The van der Waals surface area contributed by atoms with Crippen LogP contribution >= 0.6 is 22.9 Å². The standard InChI is InChI=1S/C23H24ClN5O4S/c1-29-5-4-15-19(10-29)34-22(28-15)21(31)27-17-9-12(23(32)33)8-16(17)26-20(30)18-7-11-6-13(24)2-3-14(11)25-18/h2-3,6-7,12,16-17,25H,4-5,8-10H2,1H3,(H,26,30)(H,27,31)(H,32,33). The van der Waals surface area contributed by atoms with Crippen molar-refractivity contribution in [1.29, 1.82) is 0 Å². The average molecular weight is 502 g/mol. The van der Waals surface area contributed by atoms with E-state index in [9.17, 15) is 19.5 Å². The molecule has 2 aliphatic rings. The molecule has 1 saturated carbocycles. The summed E-state index contributed by atoms with van der Waals surface area (Å²) in [4.78, 5) is 48.4. The Morgan fingerprint density at radius 2 is 1.91 bits per heavy atom. The van der Waals surface area contributed by atoms with Crippen molar-refractivity contribution in [2.75, 3.05) is 13.6 Å². The predicted molar refractivity (Wildman–Crippen MR) is 128 cm³/mol. The van der Waals surface area contributed by atoms with Gasteiger partial charge in [-0.05, 0) is 44.2 Å². The van der Waals surface area contributed by atoms with Crippen molar-refractivity contribution in [3.63, 3.8) is 0 Å². The lowest BCUT2D eigenvalue weighted by molar-refractivity contribution is -0.141. The fourth-order valence-electron chi connectivity index (χ4n) is 4.68. The van der Waals surface area contributed by atoms with Crippen LogP contribution in [0.1, 0.15) is 43.7 Å². The molecule has 4 N–H and O–H groups in total. The summed E-state index contributed by atoms with van der Waals surface area (Å²) in [5.74, 6) is -2.30. The highest BCUT2D eigenvalue weighted by Crippen LogP contribution is 2.29.